The molecular formula is C17H23NO5S2. The first-order valence-electron chi connectivity index (χ1n) is 8.46. The van der Waals surface area contributed by atoms with Gasteiger partial charge in [-0.3, -0.25) is 4.79 Å². The molecule has 0 N–H and O–H groups in total. The maximum atomic E-state index is 12.6. The first kappa shape index (κ1) is 18.4. The first-order valence-corrected chi connectivity index (χ1v) is 12.1. The van der Waals surface area contributed by atoms with Crippen molar-refractivity contribution in [3.05, 3.63) is 30.3 Å². The summed E-state index contributed by atoms with van der Waals surface area (Å²) in [5.41, 5.74) is 0. The van der Waals surface area contributed by atoms with E-state index < -0.39 is 19.7 Å². The second-order valence-electron chi connectivity index (χ2n) is 6.99. The van der Waals surface area contributed by atoms with Gasteiger partial charge in [-0.05, 0) is 37.8 Å². The van der Waals surface area contributed by atoms with Crippen molar-refractivity contribution < 1.29 is 21.6 Å². The van der Waals surface area contributed by atoms with Gasteiger partial charge in [0.1, 0.15) is 9.84 Å². The summed E-state index contributed by atoms with van der Waals surface area (Å²) in [5.74, 6) is -0.402. The number of amides is 1. The molecule has 8 heteroatoms. The largest absolute Gasteiger partial charge is 0.337 e. The highest BCUT2D eigenvalue weighted by Gasteiger charge is 2.45. The highest BCUT2D eigenvalue weighted by atomic mass is 32.2. The molecule has 2 saturated heterocycles. The van der Waals surface area contributed by atoms with Gasteiger partial charge >= 0.3 is 0 Å². The molecular weight excluding hydrogens is 362 g/mol. The van der Waals surface area contributed by atoms with Crippen LogP contribution in [-0.2, 0) is 24.5 Å². The Balaban J connectivity index is 1.65. The molecule has 0 radical (unpaired) electrons. The van der Waals surface area contributed by atoms with Crippen LogP contribution in [0, 0.1) is 0 Å². The van der Waals surface area contributed by atoms with Crippen LogP contribution in [0.4, 0.5) is 0 Å². The van der Waals surface area contributed by atoms with E-state index in [1.54, 1.807) is 23.1 Å². The molecule has 1 aromatic rings. The lowest BCUT2D eigenvalue weighted by Gasteiger charge is -2.38. The van der Waals surface area contributed by atoms with E-state index in [-0.39, 0.29) is 40.3 Å². The lowest BCUT2D eigenvalue weighted by Crippen LogP contribution is -2.49. The van der Waals surface area contributed by atoms with E-state index in [0.29, 0.717) is 12.8 Å². The van der Waals surface area contributed by atoms with Crippen molar-refractivity contribution in [3.8, 4) is 0 Å². The van der Waals surface area contributed by atoms with Gasteiger partial charge in [-0.1, -0.05) is 18.2 Å². The van der Waals surface area contributed by atoms with Crippen molar-refractivity contribution in [1.29, 1.82) is 0 Å². The lowest BCUT2D eigenvalue weighted by molar-refractivity contribution is -0.135. The number of piperidine rings is 1. The van der Waals surface area contributed by atoms with Crippen LogP contribution in [0.5, 0.6) is 0 Å². The minimum Gasteiger partial charge on any atom is -0.337 e. The Morgan fingerprint density at radius 1 is 1.04 bits per heavy atom. The summed E-state index contributed by atoms with van der Waals surface area (Å²) in [7, 11) is -6.59. The molecule has 2 bridgehead atoms. The van der Waals surface area contributed by atoms with Crippen LogP contribution in [0.25, 0.3) is 0 Å². The smallest absolute Gasteiger partial charge is 0.224 e. The number of carbonyl (C=O) groups excluding carboxylic acids is 1. The van der Waals surface area contributed by atoms with E-state index in [1.165, 1.54) is 18.4 Å². The zero-order chi connectivity index (χ0) is 18.2. The fourth-order valence-corrected chi connectivity index (χ4v) is 6.37. The fraction of sp³-hybridized carbons (Fsp3) is 0.588. The van der Waals surface area contributed by atoms with Gasteiger partial charge in [-0.2, -0.15) is 0 Å². The Bertz CT molecular complexity index is 834. The Morgan fingerprint density at radius 2 is 1.60 bits per heavy atom. The summed E-state index contributed by atoms with van der Waals surface area (Å²) in [6, 6.07) is 7.96. The zero-order valence-corrected chi connectivity index (χ0v) is 15.8. The van der Waals surface area contributed by atoms with Crippen molar-refractivity contribution in [3.63, 3.8) is 0 Å². The van der Waals surface area contributed by atoms with Crippen molar-refractivity contribution in [1.82, 2.24) is 4.90 Å². The number of rotatable bonds is 5. The van der Waals surface area contributed by atoms with Crippen LogP contribution in [-0.4, -0.2) is 57.0 Å². The Morgan fingerprint density at radius 3 is 2.12 bits per heavy atom. The minimum absolute atomic E-state index is 0.0617. The minimum atomic E-state index is -3.49. The average Bonchev–Trinajstić information content (AvgIpc) is 2.82. The summed E-state index contributed by atoms with van der Waals surface area (Å²) in [5, 5.41) is -0.387. The molecule has 2 unspecified atom stereocenters. The van der Waals surface area contributed by atoms with Gasteiger partial charge in [0.15, 0.2) is 9.84 Å². The molecule has 138 valence electrons. The van der Waals surface area contributed by atoms with E-state index >= 15 is 0 Å². The Hall–Kier alpha value is -1.41. The predicted octanol–water partition coefficient (Wildman–Crippen LogP) is 1.42. The maximum Gasteiger partial charge on any atom is 0.224 e. The summed E-state index contributed by atoms with van der Waals surface area (Å²) in [6.45, 7) is 0. The van der Waals surface area contributed by atoms with Gasteiger partial charge in [0.05, 0.1) is 15.9 Å². The molecule has 2 aliphatic rings. The fourth-order valence-electron chi connectivity index (χ4n) is 3.98. The second-order valence-corrected chi connectivity index (χ2v) is 11.4. The number of sulfone groups is 2. The normalized spacial score (nSPS) is 26.6. The van der Waals surface area contributed by atoms with Gasteiger partial charge in [0.25, 0.3) is 0 Å². The number of fused-ring (bicyclic) bond motifs is 2. The van der Waals surface area contributed by atoms with Crippen LogP contribution in [0.3, 0.4) is 0 Å². The highest BCUT2D eigenvalue weighted by molar-refractivity contribution is 7.91. The van der Waals surface area contributed by atoms with E-state index in [9.17, 15) is 21.6 Å². The lowest BCUT2D eigenvalue weighted by atomic mass is 10.0. The highest BCUT2D eigenvalue weighted by Crippen LogP contribution is 2.38. The predicted molar refractivity (Wildman–Crippen MR) is 94.6 cm³/mol. The molecule has 0 spiro atoms. The SMILES string of the molecule is CS(=O)(=O)C1CC2CCC(C1)N2C(=O)CCS(=O)(=O)c1ccccc1. The maximum absolute atomic E-state index is 12.6. The summed E-state index contributed by atoms with van der Waals surface area (Å²) in [6.07, 6.45) is 3.72. The molecule has 2 fully saturated rings. The molecule has 6 nitrogen and oxygen atoms in total. The first-order chi connectivity index (χ1) is 11.7. The van der Waals surface area contributed by atoms with Gasteiger partial charge in [-0.15, -0.1) is 0 Å². The second kappa shape index (κ2) is 6.72. The van der Waals surface area contributed by atoms with Crippen LogP contribution in [0.1, 0.15) is 32.1 Å². The summed E-state index contributed by atoms with van der Waals surface area (Å²) < 4.78 is 48.3. The molecule has 0 aliphatic carbocycles. The molecule has 2 heterocycles. The van der Waals surface area contributed by atoms with Gasteiger partial charge < -0.3 is 4.90 Å². The third-order valence-corrected chi connectivity index (χ3v) is 8.60. The molecule has 0 saturated carbocycles. The third-order valence-electron chi connectivity index (χ3n) is 5.27. The van der Waals surface area contributed by atoms with Crippen LogP contribution < -0.4 is 0 Å². The molecule has 2 aliphatic heterocycles. The monoisotopic (exact) mass is 385 g/mol. The Labute approximate surface area is 149 Å². The van der Waals surface area contributed by atoms with Crippen molar-refractivity contribution in [2.24, 2.45) is 0 Å². The summed E-state index contributed by atoms with van der Waals surface area (Å²) in [4.78, 5) is 14.6. The van der Waals surface area contributed by atoms with E-state index in [2.05, 4.69) is 0 Å². The van der Waals surface area contributed by atoms with Crippen molar-refractivity contribution >= 4 is 25.6 Å². The molecule has 3 rings (SSSR count). The molecule has 0 aromatic heterocycles. The molecule has 1 amide bonds. The van der Waals surface area contributed by atoms with Crippen molar-refractivity contribution in [2.45, 2.75) is 54.3 Å². The number of hydrogen-bond donors (Lipinski definition) is 0. The summed E-state index contributed by atoms with van der Waals surface area (Å²) >= 11 is 0. The van der Waals surface area contributed by atoms with Gasteiger partial charge in [0, 0.05) is 24.8 Å². The number of nitrogens with zero attached hydrogens (tertiary/aromatic N) is 1. The topological polar surface area (TPSA) is 88.6 Å². The zero-order valence-electron chi connectivity index (χ0n) is 14.2. The quantitative estimate of drug-likeness (QED) is 0.765. The van der Waals surface area contributed by atoms with E-state index in [0.717, 1.165) is 12.8 Å². The number of hydrogen-bond acceptors (Lipinski definition) is 5. The van der Waals surface area contributed by atoms with Crippen LogP contribution in [0.2, 0.25) is 0 Å². The van der Waals surface area contributed by atoms with E-state index in [1.807, 2.05) is 0 Å². The standard InChI is InChI=1S/C17H23NO5S2/c1-24(20,21)16-11-13-7-8-14(12-16)18(13)17(19)9-10-25(22,23)15-5-3-2-4-6-15/h2-6,13-14,16H,7-12H2,1H3. The molecule has 25 heavy (non-hydrogen) atoms. The number of carbonyl (C=O) groups is 1. The van der Waals surface area contributed by atoms with Crippen molar-refractivity contribution in [2.75, 3.05) is 12.0 Å². The Kier molecular flexibility index (Phi) is 4.94. The average molecular weight is 386 g/mol. The van der Waals surface area contributed by atoms with E-state index in [4.69, 9.17) is 0 Å². The van der Waals surface area contributed by atoms with Gasteiger partial charge in [0.2, 0.25) is 5.91 Å². The molecule has 2 atom stereocenters. The third kappa shape index (κ3) is 3.89. The number of benzene rings is 1. The van der Waals surface area contributed by atoms with Crippen LogP contribution in [0.15, 0.2) is 35.2 Å². The van der Waals surface area contributed by atoms with Gasteiger partial charge in [-0.25, -0.2) is 16.8 Å². The molecule has 1 aromatic carbocycles. The van der Waals surface area contributed by atoms with Crippen LogP contribution >= 0.6 is 0 Å².